The highest BCUT2D eigenvalue weighted by molar-refractivity contribution is 5.78. The Balaban J connectivity index is 2.27. The number of carboxylic acids is 1. The lowest BCUT2D eigenvalue weighted by Gasteiger charge is -2.37. The summed E-state index contributed by atoms with van der Waals surface area (Å²) in [4.78, 5) is 27.0. The fraction of sp³-hybridized carbons (Fsp3) is 0.882. The highest BCUT2D eigenvalue weighted by Gasteiger charge is 2.25. The summed E-state index contributed by atoms with van der Waals surface area (Å²) in [5.74, 6) is -0.682. The van der Waals surface area contributed by atoms with Crippen LogP contribution in [0, 0.1) is 5.41 Å². The van der Waals surface area contributed by atoms with Crippen LogP contribution in [0.15, 0.2) is 0 Å². The molecule has 1 aliphatic rings. The monoisotopic (exact) mass is 327 g/mol. The molecule has 6 nitrogen and oxygen atoms in total. The largest absolute Gasteiger partial charge is 0.480 e. The predicted molar refractivity (Wildman–Crippen MR) is 91.4 cm³/mol. The van der Waals surface area contributed by atoms with Gasteiger partial charge in [-0.3, -0.25) is 19.4 Å². The summed E-state index contributed by atoms with van der Waals surface area (Å²) < 4.78 is 0. The summed E-state index contributed by atoms with van der Waals surface area (Å²) >= 11 is 0. The molecule has 6 heteroatoms. The molecule has 0 aromatic rings. The molecule has 23 heavy (non-hydrogen) atoms. The van der Waals surface area contributed by atoms with Crippen LogP contribution in [0.1, 0.15) is 47.0 Å². The topological polar surface area (TPSA) is 72.9 Å². The molecule has 1 aliphatic heterocycles. The van der Waals surface area contributed by atoms with E-state index < -0.39 is 5.97 Å². The highest BCUT2D eigenvalue weighted by Crippen LogP contribution is 2.17. The molecule has 0 spiro atoms. The van der Waals surface area contributed by atoms with Crippen molar-refractivity contribution in [3.63, 3.8) is 0 Å². The summed E-state index contributed by atoms with van der Waals surface area (Å²) in [6.45, 7) is 12.2. The molecule has 0 saturated carbocycles. The minimum Gasteiger partial charge on any atom is -0.480 e. The van der Waals surface area contributed by atoms with Crippen LogP contribution in [-0.4, -0.2) is 72.1 Å². The first-order valence-corrected chi connectivity index (χ1v) is 8.66. The average molecular weight is 327 g/mol. The maximum Gasteiger partial charge on any atom is 0.317 e. The van der Waals surface area contributed by atoms with E-state index in [-0.39, 0.29) is 17.9 Å². The van der Waals surface area contributed by atoms with Crippen LogP contribution in [0.2, 0.25) is 0 Å². The number of likely N-dealkylation sites (N-methyl/N-ethyl adjacent to an activating group) is 1. The number of nitrogens with zero attached hydrogens (tertiary/aromatic N) is 2. The van der Waals surface area contributed by atoms with Gasteiger partial charge in [0.1, 0.15) is 0 Å². The molecule has 134 valence electrons. The van der Waals surface area contributed by atoms with Crippen molar-refractivity contribution in [1.82, 2.24) is 15.1 Å². The van der Waals surface area contributed by atoms with Crippen molar-refractivity contribution in [2.75, 3.05) is 39.3 Å². The Labute approximate surface area is 140 Å². The minimum atomic E-state index is -0.771. The molecule has 0 aromatic carbocycles. The summed E-state index contributed by atoms with van der Waals surface area (Å²) in [5, 5.41) is 11.9. The number of nitrogens with one attached hydrogen (secondary N) is 1. The molecule has 1 rings (SSSR count). The lowest BCUT2D eigenvalue weighted by Crippen LogP contribution is -2.48. The fourth-order valence-corrected chi connectivity index (χ4v) is 2.95. The Morgan fingerprint density at radius 2 is 1.87 bits per heavy atom. The number of piperidine rings is 1. The summed E-state index contributed by atoms with van der Waals surface area (Å²) in [7, 11) is 0. The molecule has 1 amide bonds. The number of carbonyl (C=O) groups is 2. The summed E-state index contributed by atoms with van der Waals surface area (Å²) in [6, 6.07) is 0.316. The number of amides is 1. The Bertz CT molecular complexity index is 385. The maximum atomic E-state index is 12.0. The molecule has 1 heterocycles. The second kappa shape index (κ2) is 9.23. The summed E-state index contributed by atoms with van der Waals surface area (Å²) in [6.07, 6.45) is 2.83. The van der Waals surface area contributed by atoms with Crippen LogP contribution in [-0.2, 0) is 9.59 Å². The van der Waals surface area contributed by atoms with Gasteiger partial charge in [-0.15, -0.1) is 0 Å². The van der Waals surface area contributed by atoms with Gasteiger partial charge in [-0.2, -0.15) is 0 Å². The molecule has 2 N–H and O–H groups in total. The van der Waals surface area contributed by atoms with Crippen LogP contribution in [0.3, 0.4) is 0 Å². The molecular weight excluding hydrogens is 294 g/mol. The van der Waals surface area contributed by atoms with Crippen molar-refractivity contribution in [2.24, 2.45) is 5.41 Å². The smallest absolute Gasteiger partial charge is 0.317 e. The lowest BCUT2D eigenvalue weighted by molar-refractivity contribution is -0.139. The van der Waals surface area contributed by atoms with Crippen molar-refractivity contribution in [2.45, 2.75) is 53.0 Å². The van der Waals surface area contributed by atoms with Gasteiger partial charge in [-0.25, -0.2) is 0 Å². The SMILES string of the molecule is CCN(CC(=O)O)C1CCN(CC(=O)NCCC(C)(C)C)CC1. The van der Waals surface area contributed by atoms with Gasteiger partial charge >= 0.3 is 5.97 Å². The van der Waals surface area contributed by atoms with Gasteiger partial charge in [0.25, 0.3) is 0 Å². The molecule has 0 aliphatic carbocycles. The number of hydrogen-bond acceptors (Lipinski definition) is 4. The lowest BCUT2D eigenvalue weighted by atomic mass is 9.92. The molecule has 0 bridgehead atoms. The van der Waals surface area contributed by atoms with Gasteiger partial charge in [0.15, 0.2) is 0 Å². The summed E-state index contributed by atoms with van der Waals surface area (Å²) in [5.41, 5.74) is 0.235. The second-order valence-electron chi connectivity index (χ2n) is 7.62. The zero-order valence-electron chi connectivity index (χ0n) is 15.1. The van der Waals surface area contributed by atoms with Gasteiger partial charge in [0, 0.05) is 25.7 Å². The highest BCUT2D eigenvalue weighted by atomic mass is 16.4. The Hall–Kier alpha value is -1.14. The first kappa shape index (κ1) is 19.9. The predicted octanol–water partition coefficient (Wildman–Crippen LogP) is 1.41. The zero-order chi connectivity index (χ0) is 17.5. The van der Waals surface area contributed by atoms with Gasteiger partial charge in [0.05, 0.1) is 13.1 Å². The van der Waals surface area contributed by atoms with E-state index in [1.807, 2.05) is 11.8 Å². The maximum absolute atomic E-state index is 12.0. The van der Waals surface area contributed by atoms with E-state index in [9.17, 15) is 9.59 Å². The third-order valence-corrected chi connectivity index (χ3v) is 4.38. The van der Waals surface area contributed by atoms with E-state index in [0.717, 1.165) is 45.4 Å². The molecule has 0 unspecified atom stereocenters. The van der Waals surface area contributed by atoms with Crippen molar-refractivity contribution in [3.8, 4) is 0 Å². The number of aliphatic carboxylic acids is 1. The standard InChI is InChI=1S/C17H33N3O3/c1-5-20(13-16(22)23)14-6-10-19(11-7-14)12-15(21)18-9-8-17(2,3)4/h14H,5-13H2,1-4H3,(H,18,21)(H,22,23). The van der Waals surface area contributed by atoms with E-state index in [4.69, 9.17) is 5.11 Å². The number of hydrogen-bond donors (Lipinski definition) is 2. The normalized spacial score (nSPS) is 17.4. The van der Waals surface area contributed by atoms with E-state index in [1.165, 1.54) is 0 Å². The number of carboxylic acid groups (broad SMARTS) is 1. The minimum absolute atomic E-state index is 0.0885. The number of likely N-dealkylation sites (tertiary alicyclic amines) is 1. The fourth-order valence-electron chi connectivity index (χ4n) is 2.95. The van der Waals surface area contributed by atoms with Crippen molar-refractivity contribution in [3.05, 3.63) is 0 Å². The van der Waals surface area contributed by atoms with Crippen LogP contribution in [0.5, 0.6) is 0 Å². The van der Waals surface area contributed by atoms with Crippen molar-refractivity contribution >= 4 is 11.9 Å². The third kappa shape index (κ3) is 8.32. The second-order valence-corrected chi connectivity index (χ2v) is 7.62. The number of carbonyl (C=O) groups excluding carboxylic acids is 1. The quantitative estimate of drug-likeness (QED) is 0.705. The van der Waals surface area contributed by atoms with Crippen molar-refractivity contribution in [1.29, 1.82) is 0 Å². The Morgan fingerprint density at radius 3 is 2.35 bits per heavy atom. The van der Waals surface area contributed by atoms with E-state index in [2.05, 4.69) is 31.0 Å². The van der Waals surface area contributed by atoms with Crippen LogP contribution < -0.4 is 5.32 Å². The Kier molecular flexibility index (Phi) is 7.99. The van der Waals surface area contributed by atoms with E-state index >= 15 is 0 Å². The molecule has 0 radical (unpaired) electrons. The Morgan fingerprint density at radius 1 is 1.26 bits per heavy atom. The van der Waals surface area contributed by atoms with Gasteiger partial charge in [0.2, 0.25) is 5.91 Å². The van der Waals surface area contributed by atoms with Gasteiger partial charge in [-0.05, 0) is 31.2 Å². The van der Waals surface area contributed by atoms with Gasteiger partial charge < -0.3 is 10.4 Å². The van der Waals surface area contributed by atoms with Crippen LogP contribution >= 0.6 is 0 Å². The molecule has 0 aromatic heterocycles. The van der Waals surface area contributed by atoms with E-state index in [1.54, 1.807) is 0 Å². The first-order chi connectivity index (χ1) is 10.7. The molecule has 1 saturated heterocycles. The van der Waals surface area contributed by atoms with Crippen molar-refractivity contribution < 1.29 is 14.7 Å². The molecule has 0 atom stereocenters. The van der Waals surface area contributed by atoms with E-state index in [0.29, 0.717) is 12.6 Å². The first-order valence-electron chi connectivity index (χ1n) is 8.66. The van der Waals surface area contributed by atoms with Crippen LogP contribution in [0.25, 0.3) is 0 Å². The zero-order valence-corrected chi connectivity index (χ0v) is 15.1. The average Bonchev–Trinajstić information content (AvgIpc) is 2.44. The number of rotatable bonds is 8. The third-order valence-electron chi connectivity index (χ3n) is 4.38. The van der Waals surface area contributed by atoms with Crippen LogP contribution in [0.4, 0.5) is 0 Å². The van der Waals surface area contributed by atoms with Gasteiger partial charge in [-0.1, -0.05) is 27.7 Å². The molecular formula is C17H33N3O3. The molecule has 1 fully saturated rings.